The second-order valence-electron chi connectivity index (χ2n) is 10.8. The molecule has 4 heteroatoms. The number of hydrogen-bond donors (Lipinski definition) is 1. The Balaban J connectivity index is 1.73. The van der Waals surface area contributed by atoms with E-state index in [9.17, 15) is 14.7 Å². The summed E-state index contributed by atoms with van der Waals surface area (Å²) >= 11 is 0. The molecule has 2 bridgehead atoms. The number of hydrogen-bond acceptors (Lipinski definition) is 3. The predicted molar refractivity (Wildman–Crippen MR) is 112 cm³/mol. The Hall–Kier alpha value is -1.58. The van der Waals surface area contributed by atoms with Gasteiger partial charge in [-0.3, -0.25) is 4.79 Å². The van der Waals surface area contributed by atoms with Crippen LogP contribution in [0.5, 0.6) is 0 Å². The molecule has 0 aliphatic heterocycles. The number of esters is 1. The lowest BCUT2D eigenvalue weighted by Gasteiger charge is -2.63. The van der Waals surface area contributed by atoms with Gasteiger partial charge in [-0.2, -0.15) is 0 Å². The molecule has 1 spiro atoms. The third kappa shape index (κ3) is 2.70. The fourth-order valence-corrected chi connectivity index (χ4v) is 8.10. The van der Waals surface area contributed by atoms with E-state index in [0.29, 0.717) is 17.4 Å². The molecule has 4 aliphatic rings. The van der Waals surface area contributed by atoms with E-state index < -0.39 is 11.4 Å². The number of rotatable bonds is 3. The van der Waals surface area contributed by atoms with Gasteiger partial charge in [-0.25, -0.2) is 4.79 Å². The topological polar surface area (TPSA) is 63.6 Å². The number of ether oxygens (including phenoxy) is 1. The van der Waals surface area contributed by atoms with Crippen molar-refractivity contribution in [1.82, 2.24) is 0 Å². The van der Waals surface area contributed by atoms with Crippen LogP contribution in [0.1, 0.15) is 79.1 Å². The maximum absolute atomic E-state index is 12.7. The number of aliphatic carboxylic acids is 1. The van der Waals surface area contributed by atoms with Crippen molar-refractivity contribution in [2.75, 3.05) is 0 Å². The lowest BCUT2D eigenvalue weighted by Crippen LogP contribution is -2.60. The minimum atomic E-state index is -0.644. The zero-order valence-corrected chi connectivity index (χ0v) is 18.4. The van der Waals surface area contributed by atoms with Crippen LogP contribution in [0.25, 0.3) is 0 Å². The number of carbonyl (C=O) groups is 2. The summed E-state index contributed by atoms with van der Waals surface area (Å²) in [7, 11) is 0. The number of allylic oxidation sites excluding steroid dienone is 1. The largest absolute Gasteiger partial charge is 0.481 e. The minimum absolute atomic E-state index is 0.0144. The highest BCUT2D eigenvalue weighted by atomic mass is 16.5. The Morgan fingerprint density at radius 1 is 1.14 bits per heavy atom. The van der Waals surface area contributed by atoms with Gasteiger partial charge in [0, 0.05) is 11.0 Å². The molecule has 4 rings (SSSR count). The van der Waals surface area contributed by atoms with Crippen LogP contribution in [0, 0.1) is 34.0 Å². The first-order chi connectivity index (χ1) is 13.6. The van der Waals surface area contributed by atoms with Gasteiger partial charge < -0.3 is 9.84 Å². The number of carbonyl (C=O) groups excluding carboxylic acids is 1. The van der Waals surface area contributed by atoms with E-state index in [0.717, 1.165) is 56.9 Å². The van der Waals surface area contributed by atoms with Crippen molar-refractivity contribution in [1.29, 1.82) is 0 Å². The van der Waals surface area contributed by atoms with E-state index in [-0.39, 0.29) is 28.8 Å². The second kappa shape index (κ2) is 6.72. The molecule has 0 radical (unpaired) electrons. The van der Waals surface area contributed by atoms with Crippen molar-refractivity contribution in [3.63, 3.8) is 0 Å². The van der Waals surface area contributed by atoms with Crippen molar-refractivity contribution in [2.24, 2.45) is 34.0 Å². The summed E-state index contributed by atoms with van der Waals surface area (Å²) in [6.07, 6.45) is 9.50. The molecule has 0 aromatic rings. The van der Waals surface area contributed by atoms with E-state index in [1.54, 1.807) is 13.0 Å². The van der Waals surface area contributed by atoms with Crippen LogP contribution in [0.15, 0.2) is 23.8 Å². The first-order valence-electron chi connectivity index (χ1n) is 11.4. The van der Waals surface area contributed by atoms with Gasteiger partial charge in [0.1, 0.15) is 6.10 Å². The van der Waals surface area contributed by atoms with Gasteiger partial charge in [-0.05, 0) is 94.5 Å². The number of carboxylic acids is 1. The first kappa shape index (κ1) is 20.7. The average Bonchev–Trinajstić information content (AvgIpc) is 2.87. The fraction of sp³-hybridized carbons (Fsp3) is 0.760. The van der Waals surface area contributed by atoms with Crippen LogP contribution in [-0.4, -0.2) is 23.1 Å². The molecule has 0 aromatic heterocycles. The molecule has 0 heterocycles. The molecule has 7 atom stereocenters. The van der Waals surface area contributed by atoms with Gasteiger partial charge in [0.2, 0.25) is 0 Å². The summed E-state index contributed by atoms with van der Waals surface area (Å²) in [5.41, 5.74) is 1.02. The monoisotopic (exact) mass is 400 g/mol. The van der Waals surface area contributed by atoms with Crippen LogP contribution in [0.2, 0.25) is 0 Å². The Morgan fingerprint density at radius 3 is 2.52 bits per heavy atom. The Labute approximate surface area is 174 Å². The van der Waals surface area contributed by atoms with Crippen LogP contribution in [0.4, 0.5) is 0 Å². The highest BCUT2D eigenvalue weighted by molar-refractivity contribution is 5.88. The molecule has 4 aliphatic carbocycles. The first-order valence-corrected chi connectivity index (χ1v) is 11.4. The van der Waals surface area contributed by atoms with Gasteiger partial charge >= 0.3 is 11.9 Å². The normalized spacial score (nSPS) is 46.6. The molecule has 29 heavy (non-hydrogen) atoms. The highest BCUT2D eigenvalue weighted by Gasteiger charge is 2.68. The zero-order chi connectivity index (χ0) is 21.2. The third-order valence-corrected chi connectivity index (χ3v) is 9.65. The molecule has 0 aromatic carbocycles. The molecule has 160 valence electrons. The third-order valence-electron chi connectivity index (χ3n) is 9.65. The molecule has 4 saturated carbocycles. The van der Waals surface area contributed by atoms with Crippen molar-refractivity contribution in [3.8, 4) is 0 Å². The summed E-state index contributed by atoms with van der Waals surface area (Å²) in [4.78, 5) is 25.0. The van der Waals surface area contributed by atoms with Gasteiger partial charge in [0.15, 0.2) is 0 Å². The van der Waals surface area contributed by atoms with Crippen LogP contribution < -0.4 is 0 Å². The fourth-order valence-electron chi connectivity index (χ4n) is 8.10. The maximum Gasteiger partial charge on any atom is 0.333 e. The predicted octanol–water partition coefficient (Wildman–Crippen LogP) is 5.53. The van der Waals surface area contributed by atoms with Crippen LogP contribution in [0.3, 0.4) is 0 Å². The molecule has 4 nitrogen and oxygen atoms in total. The van der Waals surface area contributed by atoms with E-state index >= 15 is 0 Å². The minimum Gasteiger partial charge on any atom is -0.481 e. The van der Waals surface area contributed by atoms with E-state index in [2.05, 4.69) is 13.5 Å². The van der Waals surface area contributed by atoms with Gasteiger partial charge in [0.25, 0.3) is 0 Å². The molecule has 1 N–H and O–H groups in total. The summed E-state index contributed by atoms with van der Waals surface area (Å²) in [6.45, 7) is 12.4. The molecular weight excluding hydrogens is 364 g/mol. The summed E-state index contributed by atoms with van der Waals surface area (Å²) < 4.78 is 6.15. The molecular formula is C25H36O4. The van der Waals surface area contributed by atoms with Crippen LogP contribution >= 0.6 is 0 Å². The summed E-state index contributed by atoms with van der Waals surface area (Å²) in [5.74, 6) is 0.151. The highest BCUT2D eigenvalue weighted by Crippen LogP contribution is 2.72. The summed E-state index contributed by atoms with van der Waals surface area (Å²) in [5, 5.41) is 10.1. The average molecular weight is 401 g/mol. The zero-order valence-electron chi connectivity index (χ0n) is 18.4. The summed E-state index contributed by atoms with van der Waals surface area (Å²) in [6, 6.07) is 0. The smallest absolute Gasteiger partial charge is 0.333 e. The van der Waals surface area contributed by atoms with E-state index in [4.69, 9.17) is 4.74 Å². The van der Waals surface area contributed by atoms with Gasteiger partial charge in [-0.15, -0.1) is 0 Å². The lowest BCUT2D eigenvalue weighted by molar-refractivity contribution is -0.195. The lowest BCUT2D eigenvalue weighted by atomic mass is 9.40. The Bertz CT molecular complexity index is 782. The molecule has 0 unspecified atom stereocenters. The van der Waals surface area contributed by atoms with E-state index in [1.165, 1.54) is 0 Å². The van der Waals surface area contributed by atoms with Crippen molar-refractivity contribution in [3.05, 3.63) is 23.8 Å². The Morgan fingerprint density at radius 2 is 1.86 bits per heavy atom. The molecule has 0 saturated heterocycles. The quantitative estimate of drug-likeness (QED) is 0.384. The Kier molecular flexibility index (Phi) is 4.79. The molecule has 0 amide bonds. The standard InChI is InChI=1S/C25H36O4/c1-6-15(2)21(26)29-20-16(3)17-8-9-19-23(4)11-7-12-24(5,22(27)28)18(23)10-13-25(19,20)14-17/h6,17-20H,3,7-14H2,1-2,4-5H3,(H,27,28)/b15-6-/t17-,18+,19+,20+,23+,24+,25-/m0/s1. The number of carboxylic acid groups (broad SMARTS) is 1. The van der Waals surface area contributed by atoms with Crippen molar-refractivity contribution < 1.29 is 19.4 Å². The van der Waals surface area contributed by atoms with Crippen molar-refractivity contribution in [2.45, 2.75) is 85.2 Å². The number of fused-ring (bicyclic) bond motifs is 3. The van der Waals surface area contributed by atoms with Gasteiger partial charge in [-0.1, -0.05) is 26.0 Å². The van der Waals surface area contributed by atoms with Gasteiger partial charge in [0.05, 0.1) is 5.41 Å². The molecule has 4 fully saturated rings. The van der Waals surface area contributed by atoms with Crippen LogP contribution in [-0.2, 0) is 14.3 Å². The van der Waals surface area contributed by atoms with E-state index in [1.807, 2.05) is 13.8 Å². The maximum atomic E-state index is 12.7. The second-order valence-corrected chi connectivity index (χ2v) is 10.8. The van der Waals surface area contributed by atoms with Crippen molar-refractivity contribution >= 4 is 11.9 Å². The SMILES string of the molecule is C=C1[C@H]2CC[C@@H]3[C@]4(C)CCC[C@@](C)(C(=O)O)[C@@H]4CC[C@@]3(C2)[C@@H]1OC(=O)/C(C)=C\C.